The Kier molecular flexibility index (Phi) is 6.68. The van der Waals surface area contributed by atoms with Crippen molar-refractivity contribution >= 4 is 6.03 Å². The second-order valence-corrected chi connectivity index (χ2v) is 5.91. The average Bonchev–Trinajstić information content (AvgIpc) is 2.94. The molecular formula is C17H27N3O2. The monoisotopic (exact) mass is 305 g/mol. The molecule has 1 aliphatic rings. The van der Waals surface area contributed by atoms with Crippen molar-refractivity contribution in [1.82, 2.24) is 15.5 Å². The van der Waals surface area contributed by atoms with E-state index in [1.54, 1.807) is 7.11 Å². The van der Waals surface area contributed by atoms with Crippen molar-refractivity contribution in [3.05, 3.63) is 35.4 Å². The normalized spacial score (nSPS) is 18.4. The molecule has 5 heteroatoms. The summed E-state index contributed by atoms with van der Waals surface area (Å²) in [4.78, 5) is 14.2. The summed E-state index contributed by atoms with van der Waals surface area (Å²) in [6.45, 7) is 6.35. The molecule has 122 valence electrons. The molecule has 1 fully saturated rings. The van der Waals surface area contributed by atoms with Gasteiger partial charge in [0.2, 0.25) is 0 Å². The largest absolute Gasteiger partial charge is 0.383 e. The summed E-state index contributed by atoms with van der Waals surface area (Å²) in [6, 6.07) is 8.60. The summed E-state index contributed by atoms with van der Waals surface area (Å²) in [7, 11) is 1.72. The first-order valence-electron chi connectivity index (χ1n) is 7.98. The zero-order chi connectivity index (χ0) is 15.8. The number of hydrogen-bond acceptors (Lipinski definition) is 3. The first kappa shape index (κ1) is 16.8. The van der Waals surface area contributed by atoms with Gasteiger partial charge in [-0.1, -0.05) is 29.8 Å². The van der Waals surface area contributed by atoms with Gasteiger partial charge in [0.05, 0.1) is 6.61 Å². The van der Waals surface area contributed by atoms with E-state index in [9.17, 15) is 4.79 Å². The quantitative estimate of drug-likeness (QED) is 0.804. The highest BCUT2D eigenvalue weighted by Gasteiger charge is 2.23. The molecule has 0 radical (unpaired) electrons. The van der Waals surface area contributed by atoms with Gasteiger partial charge in [-0.3, -0.25) is 4.90 Å². The third-order valence-corrected chi connectivity index (χ3v) is 4.04. The molecule has 1 aromatic carbocycles. The Morgan fingerprint density at radius 1 is 1.36 bits per heavy atom. The third kappa shape index (κ3) is 5.66. The second kappa shape index (κ2) is 8.76. The van der Waals surface area contributed by atoms with Crippen LogP contribution in [0.1, 0.15) is 17.5 Å². The molecule has 2 amide bonds. The van der Waals surface area contributed by atoms with Crippen molar-refractivity contribution < 1.29 is 9.53 Å². The van der Waals surface area contributed by atoms with Crippen LogP contribution in [0.5, 0.6) is 0 Å². The van der Waals surface area contributed by atoms with E-state index in [1.807, 2.05) is 0 Å². The van der Waals surface area contributed by atoms with Gasteiger partial charge in [-0.25, -0.2) is 4.79 Å². The molecule has 2 rings (SSSR count). The van der Waals surface area contributed by atoms with Crippen molar-refractivity contribution in [3.8, 4) is 0 Å². The Balaban J connectivity index is 1.61. The van der Waals surface area contributed by atoms with Crippen molar-refractivity contribution in [2.75, 3.05) is 39.9 Å². The lowest BCUT2D eigenvalue weighted by Gasteiger charge is -2.16. The molecule has 0 aromatic heterocycles. The number of hydrogen-bond donors (Lipinski definition) is 2. The predicted octanol–water partition coefficient (Wildman–Crippen LogP) is 1.56. The molecule has 0 bridgehead atoms. The van der Waals surface area contributed by atoms with Crippen LogP contribution in [0.4, 0.5) is 4.79 Å². The van der Waals surface area contributed by atoms with Crippen molar-refractivity contribution in [3.63, 3.8) is 0 Å². The highest BCUT2D eigenvalue weighted by molar-refractivity contribution is 5.74. The Bertz CT molecular complexity index is 461. The van der Waals surface area contributed by atoms with Gasteiger partial charge in [0.25, 0.3) is 0 Å². The fourth-order valence-corrected chi connectivity index (χ4v) is 2.69. The molecule has 22 heavy (non-hydrogen) atoms. The van der Waals surface area contributed by atoms with E-state index in [0.717, 1.165) is 39.1 Å². The van der Waals surface area contributed by atoms with E-state index >= 15 is 0 Å². The van der Waals surface area contributed by atoms with E-state index in [4.69, 9.17) is 4.74 Å². The molecule has 1 heterocycles. The number of nitrogens with one attached hydrogen (secondary N) is 2. The van der Waals surface area contributed by atoms with Crippen LogP contribution in [-0.4, -0.2) is 56.9 Å². The number of methoxy groups -OCH3 is 1. The minimum atomic E-state index is -0.0642. The molecule has 0 saturated carbocycles. The first-order valence-corrected chi connectivity index (χ1v) is 7.98. The van der Waals surface area contributed by atoms with Gasteiger partial charge in [-0.2, -0.15) is 0 Å². The van der Waals surface area contributed by atoms with Gasteiger partial charge in [-0.05, 0) is 25.3 Å². The number of rotatable bonds is 7. The molecule has 5 nitrogen and oxygen atoms in total. The van der Waals surface area contributed by atoms with Crippen LogP contribution < -0.4 is 10.6 Å². The molecular weight excluding hydrogens is 278 g/mol. The van der Waals surface area contributed by atoms with Gasteiger partial charge in [0.15, 0.2) is 0 Å². The maximum absolute atomic E-state index is 11.9. The SMILES string of the molecule is COCCN1CC[C@@H](NC(=O)NCCc2ccc(C)cc2)C1. The molecule has 1 atom stereocenters. The summed E-state index contributed by atoms with van der Waals surface area (Å²) in [5, 5.41) is 5.99. The number of urea groups is 1. The number of amides is 2. The Hall–Kier alpha value is -1.59. The number of carbonyl (C=O) groups excluding carboxylic acids is 1. The molecule has 2 N–H and O–H groups in total. The van der Waals surface area contributed by atoms with Crippen LogP contribution in [0.15, 0.2) is 24.3 Å². The Morgan fingerprint density at radius 3 is 2.86 bits per heavy atom. The van der Waals surface area contributed by atoms with Gasteiger partial charge in [0, 0.05) is 39.3 Å². The zero-order valence-electron chi connectivity index (χ0n) is 13.6. The van der Waals surface area contributed by atoms with Gasteiger partial charge < -0.3 is 15.4 Å². The molecule has 0 spiro atoms. The lowest BCUT2D eigenvalue weighted by atomic mass is 10.1. The molecule has 1 aliphatic heterocycles. The first-order chi connectivity index (χ1) is 10.7. The lowest BCUT2D eigenvalue weighted by molar-refractivity contribution is 0.159. The van der Waals surface area contributed by atoms with Crippen molar-refractivity contribution in [2.45, 2.75) is 25.8 Å². The lowest BCUT2D eigenvalue weighted by Crippen LogP contribution is -2.44. The highest BCUT2D eigenvalue weighted by Crippen LogP contribution is 2.08. The molecule has 0 aliphatic carbocycles. The Labute approximate surface area is 133 Å². The number of ether oxygens (including phenoxy) is 1. The minimum absolute atomic E-state index is 0.0642. The standard InChI is InChI=1S/C17H27N3O2/c1-14-3-5-15(6-4-14)7-9-18-17(21)19-16-8-10-20(13-16)11-12-22-2/h3-6,16H,7-13H2,1-2H3,(H2,18,19,21)/t16-/m1/s1. The predicted molar refractivity (Wildman–Crippen MR) is 88.1 cm³/mol. The fourth-order valence-electron chi connectivity index (χ4n) is 2.69. The van der Waals surface area contributed by atoms with Crippen LogP contribution in [0.25, 0.3) is 0 Å². The smallest absolute Gasteiger partial charge is 0.315 e. The number of likely N-dealkylation sites (tertiary alicyclic amines) is 1. The molecule has 0 unspecified atom stereocenters. The summed E-state index contributed by atoms with van der Waals surface area (Å²) < 4.78 is 5.08. The van der Waals surface area contributed by atoms with E-state index in [0.29, 0.717) is 6.54 Å². The Morgan fingerprint density at radius 2 is 2.14 bits per heavy atom. The number of aryl methyl sites for hydroxylation is 1. The fraction of sp³-hybridized carbons (Fsp3) is 0.588. The van der Waals surface area contributed by atoms with E-state index in [2.05, 4.69) is 46.7 Å². The second-order valence-electron chi connectivity index (χ2n) is 5.91. The number of benzene rings is 1. The molecule has 1 saturated heterocycles. The van der Waals surface area contributed by atoms with E-state index < -0.39 is 0 Å². The number of nitrogens with zero attached hydrogens (tertiary/aromatic N) is 1. The van der Waals surface area contributed by atoms with E-state index in [-0.39, 0.29) is 12.1 Å². The average molecular weight is 305 g/mol. The van der Waals surface area contributed by atoms with Gasteiger partial charge >= 0.3 is 6.03 Å². The van der Waals surface area contributed by atoms with Gasteiger partial charge in [-0.15, -0.1) is 0 Å². The van der Waals surface area contributed by atoms with Crippen molar-refractivity contribution in [2.24, 2.45) is 0 Å². The summed E-state index contributed by atoms with van der Waals surface area (Å²) in [5.74, 6) is 0. The number of carbonyl (C=O) groups is 1. The highest BCUT2D eigenvalue weighted by atomic mass is 16.5. The maximum Gasteiger partial charge on any atom is 0.315 e. The summed E-state index contributed by atoms with van der Waals surface area (Å²) >= 11 is 0. The summed E-state index contributed by atoms with van der Waals surface area (Å²) in [5.41, 5.74) is 2.51. The maximum atomic E-state index is 11.9. The van der Waals surface area contributed by atoms with Crippen molar-refractivity contribution in [1.29, 1.82) is 0 Å². The van der Waals surface area contributed by atoms with E-state index in [1.165, 1.54) is 11.1 Å². The summed E-state index contributed by atoms with van der Waals surface area (Å²) in [6.07, 6.45) is 1.87. The van der Waals surface area contributed by atoms with Gasteiger partial charge in [0.1, 0.15) is 0 Å². The topological polar surface area (TPSA) is 53.6 Å². The third-order valence-electron chi connectivity index (χ3n) is 4.04. The molecule has 1 aromatic rings. The van der Waals surface area contributed by atoms with Crippen LogP contribution >= 0.6 is 0 Å². The van der Waals surface area contributed by atoms with Crippen LogP contribution in [0, 0.1) is 6.92 Å². The van der Waals surface area contributed by atoms with Crippen LogP contribution in [0.3, 0.4) is 0 Å². The minimum Gasteiger partial charge on any atom is -0.383 e. The van der Waals surface area contributed by atoms with Crippen LogP contribution in [-0.2, 0) is 11.2 Å². The zero-order valence-corrected chi connectivity index (χ0v) is 13.6. The van der Waals surface area contributed by atoms with Crippen LogP contribution in [0.2, 0.25) is 0 Å².